The number of piperidine rings is 1. The fourth-order valence-electron chi connectivity index (χ4n) is 2.39. The summed E-state index contributed by atoms with van der Waals surface area (Å²) in [6.07, 6.45) is 3.59. The van der Waals surface area contributed by atoms with Crippen molar-refractivity contribution < 1.29 is 4.74 Å². The minimum Gasteiger partial charge on any atom is -0.493 e. The number of benzene rings is 1. The summed E-state index contributed by atoms with van der Waals surface area (Å²) >= 11 is 5.72. The van der Waals surface area contributed by atoms with Crippen LogP contribution in [0.3, 0.4) is 0 Å². The smallest absolute Gasteiger partial charge is 0.119 e. The van der Waals surface area contributed by atoms with Gasteiger partial charge in [-0.15, -0.1) is 11.6 Å². The largest absolute Gasteiger partial charge is 0.493 e. The van der Waals surface area contributed by atoms with Crippen LogP contribution in [0, 0.1) is 5.92 Å². The second kappa shape index (κ2) is 7.65. The summed E-state index contributed by atoms with van der Waals surface area (Å²) in [6, 6.07) is 10.1. The molecule has 1 aliphatic rings. The Balaban J connectivity index is 1.65. The average Bonchev–Trinajstić information content (AvgIpc) is 2.45. The predicted molar refractivity (Wildman–Crippen MR) is 76.4 cm³/mol. The quantitative estimate of drug-likeness (QED) is 0.733. The van der Waals surface area contributed by atoms with Gasteiger partial charge in [0.05, 0.1) is 6.61 Å². The number of nitrogens with zero attached hydrogens (tertiary/aromatic N) is 1. The Morgan fingerprint density at radius 2 is 1.89 bits per heavy atom. The molecule has 1 saturated heterocycles. The Hall–Kier alpha value is -0.730. The van der Waals surface area contributed by atoms with Gasteiger partial charge in [0.1, 0.15) is 5.75 Å². The van der Waals surface area contributed by atoms with Crippen LogP contribution in [0.2, 0.25) is 0 Å². The normalized spacial score (nSPS) is 17.8. The lowest BCUT2D eigenvalue weighted by molar-refractivity contribution is 0.142. The number of ether oxygens (including phenoxy) is 1. The lowest BCUT2D eigenvalue weighted by atomic mass is 9.98. The summed E-state index contributed by atoms with van der Waals surface area (Å²) in [5, 5.41) is 0. The minimum atomic E-state index is 0.706. The van der Waals surface area contributed by atoms with Gasteiger partial charge in [-0.1, -0.05) is 18.2 Å². The molecule has 0 saturated carbocycles. The van der Waals surface area contributed by atoms with Crippen LogP contribution in [-0.4, -0.2) is 37.0 Å². The van der Waals surface area contributed by atoms with Gasteiger partial charge in [-0.05, 0) is 56.9 Å². The molecular weight excluding hydrogens is 246 g/mol. The molecule has 0 aliphatic carbocycles. The van der Waals surface area contributed by atoms with Crippen LogP contribution in [0.5, 0.6) is 5.75 Å². The molecule has 0 aromatic heterocycles. The van der Waals surface area contributed by atoms with Crippen molar-refractivity contribution in [3.05, 3.63) is 30.3 Å². The van der Waals surface area contributed by atoms with Gasteiger partial charge in [0, 0.05) is 5.88 Å². The van der Waals surface area contributed by atoms with Crippen LogP contribution in [-0.2, 0) is 0 Å². The van der Waals surface area contributed by atoms with Crippen LogP contribution in [0.25, 0.3) is 0 Å². The first kappa shape index (κ1) is 13.7. The second-order valence-corrected chi connectivity index (χ2v) is 5.33. The highest BCUT2D eigenvalue weighted by molar-refractivity contribution is 6.17. The first-order valence-corrected chi connectivity index (χ1v) is 7.38. The van der Waals surface area contributed by atoms with E-state index < -0.39 is 0 Å². The Kier molecular flexibility index (Phi) is 5.82. The maximum absolute atomic E-state index is 5.82. The van der Waals surface area contributed by atoms with E-state index in [-0.39, 0.29) is 0 Å². The van der Waals surface area contributed by atoms with E-state index in [1.54, 1.807) is 0 Å². The zero-order valence-electron chi connectivity index (χ0n) is 10.9. The number of hydrogen-bond acceptors (Lipinski definition) is 2. The molecule has 1 heterocycles. The van der Waals surface area contributed by atoms with E-state index in [1.165, 1.54) is 25.9 Å². The highest BCUT2D eigenvalue weighted by Gasteiger charge is 2.19. The topological polar surface area (TPSA) is 12.5 Å². The van der Waals surface area contributed by atoms with Gasteiger partial charge in [0.2, 0.25) is 0 Å². The molecule has 1 aliphatic heterocycles. The van der Waals surface area contributed by atoms with Crippen LogP contribution in [0.1, 0.15) is 19.3 Å². The van der Waals surface area contributed by atoms with E-state index >= 15 is 0 Å². The van der Waals surface area contributed by atoms with Crippen molar-refractivity contribution in [3.63, 3.8) is 0 Å². The highest BCUT2D eigenvalue weighted by atomic mass is 35.5. The zero-order valence-corrected chi connectivity index (χ0v) is 11.6. The van der Waals surface area contributed by atoms with Crippen molar-refractivity contribution >= 4 is 11.6 Å². The maximum Gasteiger partial charge on any atom is 0.119 e. The fourth-order valence-corrected chi connectivity index (χ4v) is 2.51. The van der Waals surface area contributed by atoms with Gasteiger partial charge >= 0.3 is 0 Å². The molecule has 2 nitrogen and oxygen atoms in total. The van der Waals surface area contributed by atoms with Crippen LogP contribution in [0.4, 0.5) is 0 Å². The third-order valence-electron chi connectivity index (χ3n) is 3.54. The van der Waals surface area contributed by atoms with Gasteiger partial charge < -0.3 is 9.64 Å². The van der Waals surface area contributed by atoms with Gasteiger partial charge in [-0.2, -0.15) is 0 Å². The Morgan fingerprint density at radius 3 is 2.56 bits per heavy atom. The average molecular weight is 268 g/mol. The number of likely N-dealkylation sites (tertiary alicyclic amines) is 1. The van der Waals surface area contributed by atoms with E-state index in [0.717, 1.165) is 31.2 Å². The van der Waals surface area contributed by atoms with Crippen LogP contribution < -0.4 is 4.74 Å². The summed E-state index contributed by atoms with van der Waals surface area (Å²) in [6.45, 7) is 4.39. The Bertz CT molecular complexity index is 323. The summed E-state index contributed by atoms with van der Waals surface area (Å²) < 4.78 is 5.82. The Morgan fingerprint density at radius 1 is 1.17 bits per heavy atom. The molecule has 1 fully saturated rings. The van der Waals surface area contributed by atoms with Gasteiger partial charge in [-0.3, -0.25) is 0 Å². The fraction of sp³-hybridized carbons (Fsp3) is 0.600. The monoisotopic (exact) mass is 267 g/mol. The Labute approximate surface area is 115 Å². The van der Waals surface area contributed by atoms with Crippen molar-refractivity contribution in [3.8, 4) is 5.75 Å². The molecule has 0 N–H and O–H groups in total. The van der Waals surface area contributed by atoms with Crippen LogP contribution >= 0.6 is 11.6 Å². The molecule has 0 spiro atoms. The molecule has 2 rings (SSSR count). The second-order valence-electron chi connectivity index (χ2n) is 4.95. The molecule has 1 aromatic rings. The zero-order chi connectivity index (χ0) is 12.6. The lowest BCUT2D eigenvalue weighted by Crippen LogP contribution is -2.36. The van der Waals surface area contributed by atoms with Crippen molar-refractivity contribution in [2.75, 3.05) is 32.1 Å². The molecule has 1 aromatic carbocycles. The maximum atomic E-state index is 5.82. The molecular formula is C15H22ClNO. The third-order valence-corrected chi connectivity index (χ3v) is 3.81. The number of hydrogen-bond donors (Lipinski definition) is 0. The van der Waals surface area contributed by atoms with Gasteiger partial charge in [0.25, 0.3) is 0 Å². The first-order valence-electron chi connectivity index (χ1n) is 6.84. The van der Waals surface area contributed by atoms with Crippen molar-refractivity contribution in [2.24, 2.45) is 5.92 Å². The first-order chi connectivity index (χ1) is 8.88. The third kappa shape index (κ3) is 4.51. The molecule has 0 radical (unpaired) electrons. The van der Waals surface area contributed by atoms with E-state index in [4.69, 9.17) is 16.3 Å². The SMILES string of the molecule is ClCCCN1CCC(COc2ccccc2)CC1. The molecule has 0 amide bonds. The number of alkyl halides is 1. The van der Waals surface area contributed by atoms with Crippen molar-refractivity contribution in [2.45, 2.75) is 19.3 Å². The van der Waals surface area contributed by atoms with Crippen molar-refractivity contribution in [1.82, 2.24) is 4.90 Å². The molecule has 100 valence electrons. The van der Waals surface area contributed by atoms with Gasteiger partial charge in [-0.25, -0.2) is 0 Å². The van der Waals surface area contributed by atoms with Crippen molar-refractivity contribution in [1.29, 1.82) is 0 Å². The molecule has 0 bridgehead atoms. The molecule has 0 atom stereocenters. The number of para-hydroxylation sites is 1. The summed E-state index contributed by atoms with van der Waals surface area (Å²) in [4.78, 5) is 2.52. The summed E-state index contributed by atoms with van der Waals surface area (Å²) in [5.41, 5.74) is 0. The molecule has 3 heteroatoms. The number of rotatable bonds is 6. The molecule has 18 heavy (non-hydrogen) atoms. The standard InChI is InChI=1S/C15H22ClNO/c16-9-4-10-17-11-7-14(8-12-17)13-18-15-5-2-1-3-6-15/h1-3,5-6,14H,4,7-13H2. The number of halogens is 1. The van der Waals surface area contributed by atoms with E-state index in [2.05, 4.69) is 4.90 Å². The van der Waals surface area contributed by atoms with Gasteiger partial charge in [0.15, 0.2) is 0 Å². The summed E-state index contributed by atoms with van der Waals surface area (Å²) in [5.74, 6) is 2.47. The van der Waals surface area contributed by atoms with Crippen LogP contribution in [0.15, 0.2) is 30.3 Å². The summed E-state index contributed by atoms with van der Waals surface area (Å²) in [7, 11) is 0. The molecule has 0 unspecified atom stereocenters. The van der Waals surface area contributed by atoms with E-state index in [0.29, 0.717) is 5.92 Å². The lowest BCUT2D eigenvalue weighted by Gasteiger charge is -2.31. The highest BCUT2D eigenvalue weighted by Crippen LogP contribution is 2.19. The van der Waals surface area contributed by atoms with E-state index in [9.17, 15) is 0 Å². The van der Waals surface area contributed by atoms with E-state index in [1.807, 2.05) is 30.3 Å². The minimum absolute atomic E-state index is 0.706. The predicted octanol–water partition coefficient (Wildman–Crippen LogP) is 3.41.